The van der Waals surface area contributed by atoms with Gasteiger partial charge >= 0.3 is 0 Å². The zero-order valence-electron chi connectivity index (χ0n) is 24.8. The van der Waals surface area contributed by atoms with E-state index in [9.17, 15) is 5.26 Å². The third kappa shape index (κ3) is 5.17. The molecule has 0 radical (unpaired) electrons. The van der Waals surface area contributed by atoms with E-state index in [4.69, 9.17) is 4.98 Å². The topological polar surface area (TPSA) is 62.5 Å². The lowest BCUT2D eigenvalue weighted by atomic mass is 9.93. The largest absolute Gasteiger partial charge is 0.255 e. The Balaban J connectivity index is 1.16. The van der Waals surface area contributed by atoms with E-state index >= 15 is 0 Å². The number of benzene rings is 5. The maximum atomic E-state index is 9.18. The Morgan fingerprint density at radius 1 is 0.413 bits per heavy atom. The maximum Gasteiger partial charge on any atom is 0.0991 e. The van der Waals surface area contributed by atoms with E-state index in [-0.39, 0.29) is 0 Å². The summed E-state index contributed by atoms with van der Waals surface area (Å²) >= 11 is 0. The van der Waals surface area contributed by atoms with E-state index in [2.05, 4.69) is 101 Å². The molecule has 0 aliphatic heterocycles. The summed E-state index contributed by atoms with van der Waals surface area (Å²) in [6, 6.07) is 52.3. The average molecular weight is 587 g/mol. The van der Waals surface area contributed by atoms with E-state index in [1.807, 2.05) is 60.7 Å². The number of pyridine rings is 3. The molecule has 0 spiro atoms. The predicted octanol–water partition coefficient (Wildman–Crippen LogP) is 10.4. The van der Waals surface area contributed by atoms with Crippen molar-refractivity contribution in [3.8, 4) is 62.2 Å². The van der Waals surface area contributed by atoms with Gasteiger partial charge in [0.2, 0.25) is 0 Å². The van der Waals surface area contributed by atoms with Gasteiger partial charge in [-0.25, -0.2) is 4.98 Å². The van der Waals surface area contributed by atoms with E-state index in [1.54, 1.807) is 12.4 Å². The third-order valence-corrected chi connectivity index (χ3v) is 8.39. The highest BCUT2D eigenvalue weighted by Crippen LogP contribution is 2.35. The summed E-state index contributed by atoms with van der Waals surface area (Å²) in [5, 5.41) is 13.9. The molecule has 0 bridgehead atoms. The van der Waals surface area contributed by atoms with Crippen molar-refractivity contribution in [3.63, 3.8) is 0 Å². The van der Waals surface area contributed by atoms with Crippen LogP contribution in [0.2, 0.25) is 0 Å². The van der Waals surface area contributed by atoms with Crippen LogP contribution in [0.15, 0.2) is 158 Å². The van der Waals surface area contributed by atoms with Gasteiger partial charge in [0.1, 0.15) is 0 Å². The fourth-order valence-corrected chi connectivity index (χ4v) is 6.03. The third-order valence-electron chi connectivity index (χ3n) is 8.39. The van der Waals surface area contributed by atoms with Crippen LogP contribution in [-0.4, -0.2) is 15.0 Å². The molecule has 46 heavy (non-hydrogen) atoms. The second-order valence-electron chi connectivity index (χ2n) is 11.3. The summed E-state index contributed by atoms with van der Waals surface area (Å²) in [4.78, 5) is 14.0. The van der Waals surface area contributed by atoms with Gasteiger partial charge in [0.15, 0.2) is 0 Å². The smallest absolute Gasteiger partial charge is 0.0991 e. The Morgan fingerprint density at radius 2 is 0.978 bits per heavy atom. The van der Waals surface area contributed by atoms with Crippen molar-refractivity contribution in [2.24, 2.45) is 0 Å². The zero-order valence-corrected chi connectivity index (χ0v) is 24.8. The van der Waals surface area contributed by atoms with Crippen molar-refractivity contribution >= 4 is 21.5 Å². The maximum absolute atomic E-state index is 9.18. The molecule has 214 valence electrons. The van der Waals surface area contributed by atoms with Gasteiger partial charge in [-0.1, -0.05) is 78.9 Å². The van der Waals surface area contributed by atoms with Crippen molar-refractivity contribution in [1.82, 2.24) is 15.0 Å². The molecule has 4 heteroatoms. The highest BCUT2D eigenvalue weighted by Gasteiger charge is 2.12. The van der Waals surface area contributed by atoms with Crippen LogP contribution < -0.4 is 0 Å². The second-order valence-corrected chi connectivity index (χ2v) is 11.3. The van der Waals surface area contributed by atoms with Gasteiger partial charge in [-0.15, -0.1) is 0 Å². The van der Waals surface area contributed by atoms with Gasteiger partial charge in [-0.05, 0) is 122 Å². The van der Waals surface area contributed by atoms with Crippen molar-refractivity contribution in [3.05, 3.63) is 164 Å². The zero-order chi connectivity index (χ0) is 30.9. The minimum atomic E-state index is 0.666. The standard InChI is InChI=1S/C42H26N4/c43-27-28-10-12-29(13-11-28)37-7-5-6-35-24-33(18-19-38(35)37)31-14-15-32-23-34(17-16-30(32)22-31)36-25-41(39-8-1-3-20-44-39)46-42(26-36)40-9-2-4-21-45-40/h1-26H. The summed E-state index contributed by atoms with van der Waals surface area (Å²) in [6.45, 7) is 0. The number of rotatable bonds is 5. The lowest BCUT2D eigenvalue weighted by Crippen LogP contribution is -1.94. The van der Waals surface area contributed by atoms with E-state index in [0.29, 0.717) is 5.56 Å². The van der Waals surface area contributed by atoms with Crippen LogP contribution in [0.1, 0.15) is 5.56 Å². The molecule has 0 unspecified atom stereocenters. The second kappa shape index (κ2) is 11.6. The molecule has 0 fully saturated rings. The fourth-order valence-electron chi connectivity index (χ4n) is 6.03. The Bertz CT molecular complexity index is 2350. The quantitative estimate of drug-likeness (QED) is 0.201. The first-order valence-electron chi connectivity index (χ1n) is 15.1. The minimum absolute atomic E-state index is 0.666. The summed E-state index contributed by atoms with van der Waals surface area (Å²) in [5.74, 6) is 0. The number of fused-ring (bicyclic) bond motifs is 2. The molecular formula is C42H26N4. The monoisotopic (exact) mass is 586 g/mol. The molecule has 4 nitrogen and oxygen atoms in total. The number of hydrogen-bond acceptors (Lipinski definition) is 4. The van der Waals surface area contributed by atoms with Gasteiger partial charge in [0, 0.05) is 12.4 Å². The fraction of sp³-hybridized carbons (Fsp3) is 0. The number of nitrogens with zero attached hydrogens (tertiary/aromatic N) is 4. The summed E-state index contributed by atoms with van der Waals surface area (Å²) in [6.07, 6.45) is 3.59. The van der Waals surface area contributed by atoms with Crippen LogP contribution in [0.5, 0.6) is 0 Å². The van der Waals surface area contributed by atoms with Crippen molar-refractivity contribution in [1.29, 1.82) is 5.26 Å². The van der Waals surface area contributed by atoms with Crippen LogP contribution in [0.4, 0.5) is 0 Å². The Morgan fingerprint density at radius 3 is 1.57 bits per heavy atom. The molecule has 0 atom stereocenters. The molecule has 0 aliphatic rings. The molecule has 3 heterocycles. The molecule has 0 amide bonds. The van der Waals surface area contributed by atoms with Crippen molar-refractivity contribution in [2.75, 3.05) is 0 Å². The van der Waals surface area contributed by atoms with Gasteiger partial charge in [-0.2, -0.15) is 5.26 Å². The first-order chi connectivity index (χ1) is 22.7. The van der Waals surface area contributed by atoms with E-state index in [1.165, 1.54) is 32.7 Å². The lowest BCUT2D eigenvalue weighted by Gasteiger charge is -2.12. The first kappa shape index (κ1) is 27.1. The number of nitriles is 1. The molecule has 8 rings (SSSR count). The van der Waals surface area contributed by atoms with Gasteiger partial charge < -0.3 is 0 Å². The molecule has 0 saturated heterocycles. The van der Waals surface area contributed by atoms with Crippen LogP contribution in [0, 0.1) is 11.3 Å². The molecule has 5 aromatic carbocycles. The molecule has 8 aromatic rings. The summed E-state index contributed by atoms with van der Waals surface area (Å²) in [7, 11) is 0. The van der Waals surface area contributed by atoms with Gasteiger partial charge in [-0.3, -0.25) is 9.97 Å². The number of hydrogen-bond donors (Lipinski definition) is 0. The highest BCUT2D eigenvalue weighted by molar-refractivity contribution is 5.99. The van der Waals surface area contributed by atoms with Crippen molar-refractivity contribution in [2.45, 2.75) is 0 Å². The highest BCUT2D eigenvalue weighted by atomic mass is 14.8. The molecule has 0 N–H and O–H groups in total. The SMILES string of the molecule is N#Cc1ccc(-c2cccc3cc(-c4ccc5cc(-c6cc(-c7ccccn7)nc(-c7ccccn7)c6)ccc5c4)ccc23)cc1. The molecule has 0 saturated carbocycles. The van der Waals surface area contributed by atoms with Crippen LogP contribution in [-0.2, 0) is 0 Å². The molecule has 3 aromatic heterocycles. The summed E-state index contributed by atoms with van der Waals surface area (Å²) < 4.78 is 0. The normalized spacial score (nSPS) is 11.0. The van der Waals surface area contributed by atoms with E-state index in [0.717, 1.165) is 45.0 Å². The minimum Gasteiger partial charge on any atom is -0.255 e. The average Bonchev–Trinajstić information content (AvgIpc) is 3.14. The van der Waals surface area contributed by atoms with Crippen LogP contribution in [0.25, 0.3) is 77.7 Å². The van der Waals surface area contributed by atoms with Crippen LogP contribution >= 0.6 is 0 Å². The predicted molar refractivity (Wildman–Crippen MR) is 187 cm³/mol. The van der Waals surface area contributed by atoms with Crippen LogP contribution in [0.3, 0.4) is 0 Å². The van der Waals surface area contributed by atoms with Gasteiger partial charge in [0.05, 0.1) is 34.4 Å². The summed E-state index contributed by atoms with van der Waals surface area (Å²) in [5.41, 5.74) is 10.7. The first-order valence-corrected chi connectivity index (χ1v) is 15.1. The van der Waals surface area contributed by atoms with Gasteiger partial charge in [0.25, 0.3) is 0 Å². The lowest BCUT2D eigenvalue weighted by molar-refractivity contribution is 1.22. The molecule has 0 aliphatic carbocycles. The van der Waals surface area contributed by atoms with Crippen molar-refractivity contribution < 1.29 is 0 Å². The Hall–Kier alpha value is -6.44. The molecular weight excluding hydrogens is 560 g/mol. The number of aromatic nitrogens is 3. The van der Waals surface area contributed by atoms with E-state index < -0.39 is 0 Å². The Kier molecular flexibility index (Phi) is 6.83. The Labute approximate surface area is 266 Å².